The van der Waals surface area contributed by atoms with Crippen molar-refractivity contribution in [1.29, 1.82) is 0 Å². The Morgan fingerprint density at radius 3 is 2.84 bits per heavy atom. The van der Waals surface area contributed by atoms with E-state index in [0.717, 1.165) is 24.2 Å². The Bertz CT molecular complexity index is 579. The van der Waals surface area contributed by atoms with Gasteiger partial charge in [-0.05, 0) is 37.5 Å². The molecule has 2 aromatic rings. The second kappa shape index (κ2) is 5.17. The number of aromatic nitrogens is 1. The summed E-state index contributed by atoms with van der Waals surface area (Å²) in [6.07, 6.45) is 4.78. The number of anilines is 1. The van der Waals surface area contributed by atoms with Crippen LogP contribution in [0.4, 0.5) is 5.82 Å². The number of fused-ring (bicyclic) bond motifs is 1. The van der Waals surface area contributed by atoms with Gasteiger partial charge >= 0.3 is 0 Å². The molecule has 1 saturated carbocycles. The van der Waals surface area contributed by atoms with Crippen LogP contribution in [-0.4, -0.2) is 17.1 Å². The van der Waals surface area contributed by atoms with Crippen LogP contribution in [0, 0.1) is 6.92 Å². The van der Waals surface area contributed by atoms with E-state index in [4.69, 9.17) is 10.7 Å². The summed E-state index contributed by atoms with van der Waals surface area (Å²) in [7, 11) is 0. The number of para-hydroxylation sites is 1. The van der Waals surface area contributed by atoms with Crippen LogP contribution in [0.5, 0.6) is 0 Å². The predicted molar refractivity (Wildman–Crippen MR) is 80.3 cm³/mol. The first kappa shape index (κ1) is 12.4. The van der Waals surface area contributed by atoms with E-state index in [0.29, 0.717) is 6.04 Å². The number of nitrogens with one attached hydrogen (secondary N) is 1. The molecule has 1 aliphatic rings. The summed E-state index contributed by atoms with van der Waals surface area (Å²) in [5, 5.41) is 4.75. The second-order valence-corrected chi connectivity index (χ2v) is 5.55. The van der Waals surface area contributed by atoms with Gasteiger partial charge in [-0.15, -0.1) is 0 Å². The Kier molecular flexibility index (Phi) is 3.38. The molecule has 100 valence electrons. The van der Waals surface area contributed by atoms with Gasteiger partial charge in [-0.3, -0.25) is 0 Å². The zero-order valence-electron chi connectivity index (χ0n) is 11.4. The van der Waals surface area contributed by atoms with Crippen molar-refractivity contribution in [2.75, 3.05) is 5.32 Å². The molecular formula is C16H21N3. The zero-order valence-corrected chi connectivity index (χ0v) is 11.4. The van der Waals surface area contributed by atoms with Crippen LogP contribution in [-0.2, 0) is 0 Å². The topological polar surface area (TPSA) is 50.9 Å². The molecule has 19 heavy (non-hydrogen) atoms. The van der Waals surface area contributed by atoms with Crippen molar-refractivity contribution in [2.24, 2.45) is 5.73 Å². The van der Waals surface area contributed by atoms with Crippen molar-refractivity contribution in [2.45, 2.75) is 44.7 Å². The van der Waals surface area contributed by atoms with Gasteiger partial charge in [0.2, 0.25) is 0 Å². The quantitative estimate of drug-likeness (QED) is 0.866. The maximum absolute atomic E-state index is 6.20. The van der Waals surface area contributed by atoms with E-state index in [2.05, 4.69) is 30.4 Å². The molecule has 3 heteroatoms. The lowest BCUT2D eigenvalue weighted by Crippen LogP contribution is -2.42. The van der Waals surface area contributed by atoms with E-state index in [1.807, 2.05) is 12.1 Å². The molecule has 1 aromatic heterocycles. The Morgan fingerprint density at radius 1 is 1.21 bits per heavy atom. The minimum absolute atomic E-state index is 0.251. The third kappa shape index (κ3) is 2.56. The summed E-state index contributed by atoms with van der Waals surface area (Å²) in [5.74, 6) is 0.987. The largest absolute Gasteiger partial charge is 0.366 e. The normalized spacial score (nSPS) is 23.5. The number of hydrogen-bond acceptors (Lipinski definition) is 3. The highest BCUT2D eigenvalue weighted by molar-refractivity contribution is 5.81. The fourth-order valence-corrected chi connectivity index (χ4v) is 2.88. The average Bonchev–Trinajstić information content (AvgIpc) is 2.42. The molecule has 1 fully saturated rings. The Labute approximate surface area is 114 Å². The summed E-state index contributed by atoms with van der Waals surface area (Å²) in [4.78, 5) is 4.74. The summed E-state index contributed by atoms with van der Waals surface area (Å²) in [6, 6.07) is 11.0. The first-order chi connectivity index (χ1) is 9.24. The van der Waals surface area contributed by atoms with Crippen molar-refractivity contribution in [1.82, 2.24) is 4.98 Å². The lowest BCUT2D eigenvalue weighted by Gasteiger charge is -2.30. The summed E-state index contributed by atoms with van der Waals surface area (Å²) in [5.41, 5.74) is 8.43. The lowest BCUT2D eigenvalue weighted by molar-refractivity contribution is 0.403. The minimum atomic E-state index is 0.251. The first-order valence-electron chi connectivity index (χ1n) is 7.12. The molecule has 3 N–H and O–H groups in total. The highest BCUT2D eigenvalue weighted by Crippen LogP contribution is 2.24. The van der Waals surface area contributed by atoms with E-state index in [1.165, 1.54) is 23.8 Å². The molecule has 0 bridgehead atoms. The molecule has 2 atom stereocenters. The van der Waals surface area contributed by atoms with Crippen LogP contribution >= 0.6 is 0 Å². The van der Waals surface area contributed by atoms with Gasteiger partial charge in [-0.1, -0.05) is 31.0 Å². The standard InChI is InChI=1S/C16H21N3/c1-11-10-12-6-2-4-8-14(12)18-16(11)19-15-9-5-3-7-13(15)17/h2,4,6,8,10,13,15H,3,5,7,9,17H2,1H3,(H,18,19). The van der Waals surface area contributed by atoms with Crippen molar-refractivity contribution in [3.63, 3.8) is 0 Å². The fourth-order valence-electron chi connectivity index (χ4n) is 2.88. The number of pyridine rings is 1. The second-order valence-electron chi connectivity index (χ2n) is 5.55. The van der Waals surface area contributed by atoms with Gasteiger partial charge in [-0.25, -0.2) is 4.98 Å². The zero-order chi connectivity index (χ0) is 13.2. The van der Waals surface area contributed by atoms with E-state index < -0.39 is 0 Å². The van der Waals surface area contributed by atoms with Crippen LogP contribution in [0.2, 0.25) is 0 Å². The Balaban J connectivity index is 1.89. The molecule has 0 aliphatic heterocycles. The van der Waals surface area contributed by atoms with Crippen LogP contribution in [0.25, 0.3) is 10.9 Å². The molecule has 3 rings (SSSR count). The van der Waals surface area contributed by atoms with Crippen molar-refractivity contribution in [3.05, 3.63) is 35.9 Å². The van der Waals surface area contributed by atoms with E-state index >= 15 is 0 Å². The SMILES string of the molecule is Cc1cc2ccccc2nc1NC1CCCCC1N. The molecule has 0 saturated heterocycles. The molecule has 0 spiro atoms. The minimum Gasteiger partial charge on any atom is -0.366 e. The molecule has 1 heterocycles. The van der Waals surface area contributed by atoms with Crippen LogP contribution < -0.4 is 11.1 Å². The number of nitrogens with two attached hydrogens (primary N) is 1. The summed E-state index contributed by atoms with van der Waals surface area (Å²) in [6.45, 7) is 2.11. The van der Waals surface area contributed by atoms with Gasteiger partial charge in [0.25, 0.3) is 0 Å². The van der Waals surface area contributed by atoms with Crippen LogP contribution in [0.1, 0.15) is 31.2 Å². The molecular weight excluding hydrogens is 234 g/mol. The summed E-state index contributed by atoms with van der Waals surface area (Å²) < 4.78 is 0. The number of nitrogens with zero attached hydrogens (tertiary/aromatic N) is 1. The number of benzene rings is 1. The first-order valence-corrected chi connectivity index (χ1v) is 7.12. The van der Waals surface area contributed by atoms with Gasteiger partial charge in [-0.2, -0.15) is 0 Å². The third-order valence-corrected chi connectivity index (χ3v) is 4.06. The number of aryl methyl sites for hydroxylation is 1. The highest BCUT2D eigenvalue weighted by atomic mass is 15.0. The predicted octanol–water partition coefficient (Wildman–Crippen LogP) is 3.23. The monoisotopic (exact) mass is 255 g/mol. The number of hydrogen-bond donors (Lipinski definition) is 2. The van der Waals surface area contributed by atoms with E-state index in [9.17, 15) is 0 Å². The van der Waals surface area contributed by atoms with Gasteiger partial charge in [0.1, 0.15) is 5.82 Å². The third-order valence-electron chi connectivity index (χ3n) is 4.06. The number of rotatable bonds is 2. The van der Waals surface area contributed by atoms with Crippen molar-refractivity contribution >= 4 is 16.7 Å². The molecule has 1 aromatic carbocycles. The van der Waals surface area contributed by atoms with Crippen molar-refractivity contribution < 1.29 is 0 Å². The molecule has 3 nitrogen and oxygen atoms in total. The maximum atomic E-state index is 6.20. The average molecular weight is 255 g/mol. The van der Waals surface area contributed by atoms with Crippen LogP contribution in [0.3, 0.4) is 0 Å². The maximum Gasteiger partial charge on any atom is 0.129 e. The molecule has 0 radical (unpaired) electrons. The van der Waals surface area contributed by atoms with Crippen LogP contribution in [0.15, 0.2) is 30.3 Å². The van der Waals surface area contributed by atoms with E-state index in [1.54, 1.807) is 0 Å². The van der Waals surface area contributed by atoms with Crippen molar-refractivity contribution in [3.8, 4) is 0 Å². The van der Waals surface area contributed by atoms with Gasteiger partial charge in [0, 0.05) is 17.5 Å². The smallest absolute Gasteiger partial charge is 0.129 e. The highest BCUT2D eigenvalue weighted by Gasteiger charge is 2.22. The molecule has 2 unspecified atom stereocenters. The Morgan fingerprint density at radius 2 is 2.00 bits per heavy atom. The summed E-state index contributed by atoms with van der Waals surface area (Å²) >= 11 is 0. The van der Waals surface area contributed by atoms with Gasteiger partial charge in [0.15, 0.2) is 0 Å². The van der Waals surface area contributed by atoms with E-state index in [-0.39, 0.29) is 6.04 Å². The molecule has 1 aliphatic carbocycles. The Hall–Kier alpha value is -1.61. The van der Waals surface area contributed by atoms with Gasteiger partial charge in [0.05, 0.1) is 5.52 Å². The fraction of sp³-hybridized carbons (Fsp3) is 0.438. The molecule has 0 amide bonds. The lowest BCUT2D eigenvalue weighted by atomic mass is 9.91. The van der Waals surface area contributed by atoms with Gasteiger partial charge < -0.3 is 11.1 Å².